The minimum atomic E-state index is -1.08. The Bertz CT molecular complexity index is 841. The van der Waals surface area contributed by atoms with Crippen molar-refractivity contribution in [3.63, 3.8) is 0 Å². The fraction of sp³-hybridized carbons (Fsp3) is 0.105. The quantitative estimate of drug-likeness (QED) is 0.515. The second-order valence-electron chi connectivity index (χ2n) is 5.06. The second kappa shape index (κ2) is 9.06. The molecule has 3 aromatic rings. The number of rotatable bonds is 6. The number of carbonyl (C=O) groups is 1. The number of aromatic carboxylic acids is 1. The van der Waals surface area contributed by atoms with E-state index in [9.17, 15) is 4.79 Å². The van der Waals surface area contributed by atoms with Crippen LogP contribution in [0.15, 0.2) is 60.7 Å². The number of carboxylic acids is 1. The van der Waals surface area contributed by atoms with E-state index in [0.717, 1.165) is 17.0 Å². The van der Waals surface area contributed by atoms with Gasteiger partial charge in [-0.05, 0) is 17.8 Å². The number of nitrogens with zero attached hydrogens (tertiary/aromatic N) is 2. The van der Waals surface area contributed by atoms with Crippen molar-refractivity contribution < 1.29 is 34.7 Å². The summed E-state index contributed by atoms with van der Waals surface area (Å²) in [7, 11) is 0. The fourth-order valence-electron chi connectivity index (χ4n) is 2.20. The summed E-state index contributed by atoms with van der Waals surface area (Å²) in [6.45, 7) is 0.366. The van der Waals surface area contributed by atoms with Crippen molar-refractivity contribution in [1.82, 2.24) is 9.97 Å². The van der Waals surface area contributed by atoms with E-state index in [0.29, 0.717) is 18.9 Å². The van der Waals surface area contributed by atoms with Crippen LogP contribution in [0.25, 0.3) is 11.3 Å². The van der Waals surface area contributed by atoms with Crippen LogP contribution in [0, 0.1) is 6.07 Å². The van der Waals surface area contributed by atoms with Crippen molar-refractivity contribution in [3.8, 4) is 17.1 Å². The van der Waals surface area contributed by atoms with Crippen molar-refractivity contribution in [2.45, 2.75) is 6.42 Å². The molecule has 3 rings (SSSR count). The van der Waals surface area contributed by atoms with Crippen LogP contribution < -0.4 is 4.74 Å². The molecule has 0 bridgehead atoms. The van der Waals surface area contributed by atoms with Crippen molar-refractivity contribution in [2.24, 2.45) is 0 Å². The number of ether oxygens (including phenoxy) is 1. The molecule has 0 fully saturated rings. The number of aromatic nitrogens is 2. The standard InChI is InChI=1S/C19H15N2O3.Ir/c22-19(23)17-10-5-11-18(21-17)24-13-12-15-8-4-9-16(20-15)14-6-2-1-3-7-14;/h1-6,8-11H,12-13H2,(H,22,23);/q-1;. The first-order valence-electron chi connectivity index (χ1n) is 7.48. The van der Waals surface area contributed by atoms with E-state index in [1.807, 2.05) is 42.5 Å². The molecule has 1 aromatic carbocycles. The predicted molar refractivity (Wildman–Crippen MR) is 88.9 cm³/mol. The van der Waals surface area contributed by atoms with Gasteiger partial charge in [0.25, 0.3) is 0 Å². The molecule has 2 heterocycles. The van der Waals surface area contributed by atoms with E-state index in [1.54, 1.807) is 12.1 Å². The maximum Gasteiger partial charge on any atom is 0.354 e. The molecule has 2 aromatic heterocycles. The molecule has 25 heavy (non-hydrogen) atoms. The SMILES string of the molecule is O=C(O)c1cccc(OCCc2cccc(-c3[c-]cccc3)n2)n1.[Ir]. The molecular formula is C19H15IrN2O3-. The van der Waals surface area contributed by atoms with E-state index in [2.05, 4.69) is 16.0 Å². The van der Waals surface area contributed by atoms with E-state index in [-0.39, 0.29) is 25.8 Å². The smallest absolute Gasteiger partial charge is 0.354 e. The monoisotopic (exact) mass is 512 g/mol. The van der Waals surface area contributed by atoms with Gasteiger partial charge in [0.1, 0.15) is 0 Å². The molecule has 0 amide bonds. The van der Waals surface area contributed by atoms with Crippen LogP contribution >= 0.6 is 0 Å². The van der Waals surface area contributed by atoms with Gasteiger partial charge in [0, 0.05) is 38.3 Å². The summed E-state index contributed by atoms with van der Waals surface area (Å²) in [4.78, 5) is 19.4. The van der Waals surface area contributed by atoms with Gasteiger partial charge < -0.3 is 14.8 Å². The molecule has 1 radical (unpaired) electrons. The molecule has 0 aliphatic heterocycles. The number of hydrogen-bond acceptors (Lipinski definition) is 4. The maximum atomic E-state index is 10.9. The van der Waals surface area contributed by atoms with Crippen LogP contribution in [0.5, 0.6) is 5.88 Å². The average molecular weight is 512 g/mol. The Balaban J connectivity index is 0.00000225. The van der Waals surface area contributed by atoms with Gasteiger partial charge in [-0.15, -0.1) is 35.9 Å². The average Bonchev–Trinajstić information content (AvgIpc) is 2.63. The molecule has 0 aliphatic rings. The van der Waals surface area contributed by atoms with Crippen LogP contribution in [0.4, 0.5) is 0 Å². The molecule has 0 spiro atoms. The summed E-state index contributed by atoms with van der Waals surface area (Å²) in [6, 6.07) is 21.3. The minimum absolute atomic E-state index is 0. The van der Waals surface area contributed by atoms with Crippen LogP contribution in [-0.2, 0) is 26.5 Å². The van der Waals surface area contributed by atoms with Gasteiger partial charge in [-0.3, -0.25) is 0 Å². The molecule has 1 N–H and O–H groups in total. The second-order valence-corrected chi connectivity index (χ2v) is 5.06. The van der Waals surface area contributed by atoms with Crippen molar-refractivity contribution in [3.05, 3.63) is 78.1 Å². The summed E-state index contributed by atoms with van der Waals surface area (Å²) in [5, 5.41) is 8.92. The number of benzene rings is 1. The maximum absolute atomic E-state index is 10.9. The Labute approximate surface area is 159 Å². The van der Waals surface area contributed by atoms with Crippen LogP contribution in [0.1, 0.15) is 16.2 Å². The summed E-state index contributed by atoms with van der Waals surface area (Å²) in [6.07, 6.45) is 0.597. The molecule has 6 heteroatoms. The molecule has 0 atom stereocenters. The van der Waals surface area contributed by atoms with E-state index in [1.165, 1.54) is 6.07 Å². The summed E-state index contributed by atoms with van der Waals surface area (Å²) in [5.41, 5.74) is 2.65. The summed E-state index contributed by atoms with van der Waals surface area (Å²) in [5.74, 6) is -0.781. The largest absolute Gasteiger partial charge is 0.477 e. The van der Waals surface area contributed by atoms with E-state index < -0.39 is 5.97 Å². The third-order valence-corrected chi connectivity index (χ3v) is 3.34. The Morgan fingerprint density at radius 1 is 1.04 bits per heavy atom. The molecule has 0 unspecified atom stereocenters. The Morgan fingerprint density at radius 2 is 1.88 bits per heavy atom. The van der Waals surface area contributed by atoms with Gasteiger partial charge in [0.05, 0.1) is 6.61 Å². The minimum Gasteiger partial charge on any atom is -0.477 e. The molecule has 0 saturated carbocycles. The van der Waals surface area contributed by atoms with Gasteiger partial charge in [-0.1, -0.05) is 18.2 Å². The molecule has 0 saturated heterocycles. The first-order valence-corrected chi connectivity index (χ1v) is 7.48. The normalized spacial score (nSPS) is 9.92. The first-order chi connectivity index (χ1) is 11.7. The van der Waals surface area contributed by atoms with Crippen LogP contribution in [-0.4, -0.2) is 27.7 Å². The number of hydrogen-bond donors (Lipinski definition) is 1. The van der Waals surface area contributed by atoms with Crippen LogP contribution in [0.3, 0.4) is 0 Å². The van der Waals surface area contributed by atoms with Gasteiger partial charge >= 0.3 is 5.97 Å². The van der Waals surface area contributed by atoms with E-state index in [4.69, 9.17) is 9.84 Å². The third-order valence-electron chi connectivity index (χ3n) is 3.34. The zero-order valence-corrected chi connectivity index (χ0v) is 15.6. The predicted octanol–water partition coefficient (Wildman–Crippen LogP) is 3.26. The van der Waals surface area contributed by atoms with Crippen LogP contribution in [0.2, 0.25) is 0 Å². The topological polar surface area (TPSA) is 72.3 Å². The van der Waals surface area contributed by atoms with Crippen molar-refractivity contribution >= 4 is 5.97 Å². The fourth-order valence-corrected chi connectivity index (χ4v) is 2.20. The molecule has 129 valence electrons. The molecule has 5 nitrogen and oxygen atoms in total. The first kappa shape index (κ1) is 18.8. The van der Waals surface area contributed by atoms with Gasteiger partial charge in [-0.25, -0.2) is 9.78 Å². The van der Waals surface area contributed by atoms with E-state index >= 15 is 0 Å². The molecular weight excluding hydrogens is 496 g/mol. The van der Waals surface area contributed by atoms with Crippen molar-refractivity contribution in [2.75, 3.05) is 6.61 Å². The number of pyridine rings is 2. The summed E-state index contributed by atoms with van der Waals surface area (Å²) < 4.78 is 5.52. The zero-order valence-electron chi connectivity index (χ0n) is 13.2. The van der Waals surface area contributed by atoms with Gasteiger partial charge in [-0.2, -0.15) is 0 Å². The van der Waals surface area contributed by atoms with Gasteiger partial charge in [0.15, 0.2) is 5.69 Å². The summed E-state index contributed by atoms with van der Waals surface area (Å²) >= 11 is 0. The third kappa shape index (κ3) is 5.21. The number of carboxylic acid groups (broad SMARTS) is 1. The Hall–Kier alpha value is -2.56. The zero-order chi connectivity index (χ0) is 16.8. The van der Waals surface area contributed by atoms with Gasteiger partial charge in [0.2, 0.25) is 5.88 Å². The van der Waals surface area contributed by atoms with Crippen molar-refractivity contribution in [1.29, 1.82) is 0 Å². The molecule has 0 aliphatic carbocycles. The Kier molecular flexibility index (Phi) is 6.80. The Morgan fingerprint density at radius 3 is 2.64 bits per heavy atom.